The van der Waals surface area contributed by atoms with Gasteiger partial charge in [0.25, 0.3) is 0 Å². The van der Waals surface area contributed by atoms with Crippen molar-refractivity contribution in [2.24, 2.45) is 5.41 Å². The minimum Gasteiger partial charge on any atom is -0.381 e. The van der Waals surface area contributed by atoms with Crippen LogP contribution in [0, 0.1) is 11.5 Å². The van der Waals surface area contributed by atoms with Crippen LogP contribution in [-0.4, -0.2) is 49.7 Å². The van der Waals surface area contributed by atoms with Crippen molar-refractivity contribution in [3.63, 3.8) is 0 Å². The fourth-order valence-corrected chi connectivity index (χ4v) is 4.51. The van der Waals surface area contributed by atoms with Gasteiger partial charge in [-0.2, -0.15) is 0 Å². The summed E-state index contributed by atoms with van der Waals surface area (Å²) in [4.78, 5) is 17.8. The van der Waals surface area contributed by atoms with Gasteiger partial charge < -0.3 is 14.5 Å². The lowest BCUT2D eigenvalue weighted by Crippen LogP contribution is -2.50. The maximum atomic E-state index is 13.2. The first kappa shape index (κ1) is 15.0. The summed E-state index contributed by atoms with van der Waals surface area (Å²) < 4.78 is 5.46. The summed E-state index contributed by atoms with van der Waals surface area (Å²) in [5.74, 6) is 0.400. The Balaban J connectivity index is 1.50. The van der Waals surface area contributed by atoms with Crippen LogP contribution in [0.2, 0.25) is 0 Å². The van der Waals surface area contributed by atoms with Crippen LogP contribution in [0.3, 0.4) is 0 Å². The lowest BCUT2D eigenvalue weighted by atomic mass is 9.78. The molecule has 3 fully saturated rings. The molecular formula is C19H25N2O2. The van der Waals surface area contributed by atoms with Gasteiger partial charge in [-0.15, -0.1) is 0 Å². The average Bonchev–Trinajstić information content (AvgIpc) is 2.93. The van der Waals surface area contributed by atoms with Crippen LogP contribution in [-0.2, 0) is 9.53 Å². The Morgan fingerprint density at radius 3 is 2.70 bits per heavy atom. The van der Waals surface area contributed by atoms with E-state index in [0.717, 1.165) is 65.0 Å². The van der Waals surface area contributed by atoms with Crippen LogP contribution in [0.15, 0.2) is 24.3 Å². The monoisotopic (exact) mass is 313 g/mol. The van der Waals surface area contributed by atoms with Crippen molar-refractivity contribution in [1.82, 2.24) is 4.90 Å². The summed E-state index contributed by atoms with van der Waals surface area (Å²) in [6, 6.07) is 11.6. The number of hydrogen-bond acceptors (Lipinski definition) is 3. The lowest BCUT2D eigenvalue weighted by Gasteiger charge is -2.41. The van der Waals surface area contributed by atoms with E-state index in [1.165, 1.54) is 5.69 Å². The van der Waals surface area contributed by atoms with Gasteiger partial charge in [-0.05, 0) is 50.3 Å². The SMILES string of the molecule is O=C1N(C2CCOCC2)CC[C@@]12CCCN(c1cc[c]cc1)C2. The molecule has 1 spiro atoms. The fourth-order valence-electron chi connectivity index (χ4n) is 4.51. The molecule has 1 aromatic carbocycles. The number of piperidine rings is 1. The third-order valence-corrected chi connectivity index (χ3v) is 5.82. The predicted octanol–water partition coefficient (Wildman–Crippen LogP) is 2.48. The Labute approximate surface area is 138 Å². The molecule has 1 aromatic rings. The van der Waals surface area contributed by atoms with Gasteiger partial charge in [0.1, 0.15) is 0 Å². The van der Waals surface area contributed by atoms with Gasteiger partial charge in [0, 0.05) is 44.6 Å². The van der Waals surface area contributed by atoms with Gasteiger partial charge in [0.15, 0.2) is 0 Å². The molecule has 23 heavy (non-hydrogen) atoms. The number of rotatable bonds is 2. The topological polar surface area (TPSA) is 32.8 Å². The van der Waals surface area contributed by atoms with Crippen molar-refractivity contribution < 1.29 is 9.53 Å². The zero-order chi connectivity index (χ0) is 15.7. The number of likely N-dealkylation sites (tertiary alicyclic amines) is 1. The molecule has 3 aliphatic rings. The highest BCUT2D eigenvalue weighted by Crippen LogP contribution is 2.42. The molecule has 4 rings (SSSR count). The minimum absolute atomic E-state index is 0.157. The van der Waals surface area contributed by atoms with Crippen LogP contribution in [0.25, 0.3) is 0 Å². The summed E-state index contributed by atoms with van der Waals surface area (Å²) in [5.41, 5.74) is 1.07. The maximum Gasteiger partial charge on any atom is 0.230 e. The van der Waals surface area contributed by atoms with Gasteiger partial charge >= 0.3 is 0 Å². The molecule has 0 unspecified atom stereocenters. The number of carbonyl (C=O) groups excluding carboxylic acids is 1. The van der Waals surface area contributed by atoms with Gasteiger partial charge in [0.2, 0.25) is 5.91 Å². The van der Waals surface area contributed by atoms with Crippen molar-refractivity contribution in [2.45, 2.75) is 38.1 Å². The highest BCUT2D eigenvalue weighted by Gasteiger charge is 2.50. The molecular weight excluding hydrogens is 288 g/mol. The molecule has 1 amide bonds. The summed E-state index contributed by atoms with van der Waals surface area (Å²) in [6.07, 6.45) is 5.16. The second-order valence-corrected chi connectivity index (χ2v) is 7.16. The lowest BCUT2D eigenvalue weighted by molar-refractivity contribution is -0.139. The molecule has 123 valence electrons. The van der Waals surface area contributed by atoms with Gasteiger partial charge in [0.05, 0.1) is 5.41 Å². The number of anilines is 1. The van der Waals surface area contributed by atoms with Crippen molar-refractivity contribution >= 4 is 11.6 Å². The van der Waals surface area contributed by atoms with E-state index in [9.17, 15) is 4.79 Å². The first-order valence-electron chi connectivity index (χ1n) is 8.88. The van der Waals surface area contributed by atoms with E-state index in [0.29, 0.717) is 11.9 Å². The number of ether oxygens (including phenoxy) is 1. The van der Waals surface area contributed by atoms with E-state index >= 15 is 0 Å². The standard InChI is InChI=1S/C19H25N2O2/c22-18-19(10-12-21(18)17-7-13-23-14-8-17)9-4-11-20(15-19)16-5-2-1-3-6-16/h2-3,5-6,17H,4,7-15H2/t19-/m1/s1. The van der Waals surface area contributed by atoms with E-state index in [4.69, 9.17) is 4.74 Å². The van der Waals surface area contributed by atoms with Crippen molar-refractivity contribution in [3.05, 3.63) is 30.3 Å². The molecule has 0 N–H and O–H groups in total. The molecule has 1 atom stereocenters. The van der Waals surface area contributed by atoms with Gasteiger partial charge in [-0.25, -0.2) is 0 Å². The zero-order valence-corrected chi connectivity index (χ0v) is 13.7. The second-order valence-electron chi connectivity index (χ2n) is 7.16. The summed E-state index contributed by atoms with van der Waals surface area (Å²) in [6.45, 7) is 4.45. The third kappa shape index (κ3) is 2.74. The molecule has 3 heterocycles. The van der Waals surface area contributed by atoms with Crippen molar-refractivity contribution in [1.29, 1.82) is 0 Å². The van der Waals surface area contributed by atoms with Crippen LogP contribution in [0.1, 0.15) is 32.1 Å². The normalized spacial score (nSPS) is 29.5. The molecule has 4 nitrogen and oxygen atoms in total. The third-order valence-electron chi connectivity index (χ3n) is 5.82. The highest BCUT2D eigenvalue weighted by atomic mass is 16.5. The van der Waals surface area contributed by atoms with Crippen molar-refractivity contribution in [3.8, 4) is 0 Å². The molecule has 3 aliphatic heterocycles. The number of amides is 1. The number of carbonyl (C=O) groups is 1. The predicted molar refractivity (Wildman–Crippen MR) is 89.3 cm³/mol. The molecule has 4 heteroatoms. The maximum absolute atomic E-state index is 13.2. The van der Waals surface area contributed by atoms with E-state index in [1.807, 2.05) is 12.1 Å². The number of nitrogens with zero attached hydrogens (tertiary/aromatic N) is 2. The molecule has 0 bridgehead atoms. The molecule has 3 saturated heterocycles. The molecule has 0 aliphatic carbocycles. The Morgan fingerprint density at radius 1 is 1.13 bits per heavy atom. The largest absolute Gasteiger partial charge is 0.381 e. The van der Waals surface area contributed by atoms with Crippen LogP contribution in [0.5, 0.6) is 0 Å². The van der Waals surface area contributed by atoms with E-state index in [1.54, 1.807) is 0 Å². The molecule has 1 radical (unpaired) electrons. The van der Waals surface area contributed by atoms with Crippen LogP contribution in [0.4, 0.5) is 5.69 Å². The first-order valence-corrected chi connectivity index (χ1v) is 8.88. The summed E-state index contributed by atoms with van der Waals surface area (Å²) in [7, 11) is 0. The van der Waals surface area contributed by atoms with E-state index < -0.39 is 0 Å². The number of hydrogen-bond donors (Lipinski definition) is 0. The van der Waals surface area contributed by atoms with E-state index in [2.05, 4.69) is 28.0 Å². The molecule has 0 aromatic heterocycles. The Kier molecular flexibility index (Phi) is 4.02. The Hall–Kier alpha value is -1.55. The van der Waals surface area contributed by atoms with Gasteiger partial charge in [-0.3, -0.25) is 4.79 Å². The van der Waals surface area contributed by atoms with E-state index in [-0.39, 0.29) is 5.41 Å². The average molecular weight is 313 g/mol. The molecule has 0 saturated carbocycles. The zero-order valence-electron chi connectivity index (χ0n) is 13.7. The fraction of sp³-hybridized carbons (Fsp3) is 0.632. The smallest absolute Gasteiger partial charge is 0.230 e. The minimum atomic E-state index is -0.157. The number of benzene rings is 1. The first-order chi connectivity index (χ1) is 11.3. The van der Waals surface area contributed by atoms with Crippen LogP contribution >= 0.6 is 0 Å². The highest BCUT2D eigenvalue weighted by molar-refractivity contribution is 5.86. The second kappa shape index (κ2) is 6.16. The summed E-state index contributed by atoms with van der Waals surface area (Å²) >= 11 is 0. The van der Waals surface area contributed by atoms with Crippen LogP contribution < -0.4 is 4.90 Å². The summed E-state index contributed by atoms with van der Waals surface area (Å²) in [5, 5.41) is 0. The van der Waals surface area contributed by atoms with Crippen molar-refractivity contribution in [2.75, 3.05) is 37.7 Å². The Bertz CT molecular complexity index is 556. The van der Waals surface area contributed by atoms with Gasteiger partial charge in [-0.1, -0.05) is 12.1 Å². The quantitative estimate of drug-likeness (QED) is 0.841. The Morgan fingerprint density at radius 2 is 1.91 bits per heavy atom.